The van der Waals surface area contributed by atoms with Crippen LogP contribution in [0.15, 0.2) is 18.2 Å². The molecule has 1 atom stereocenters. The molecule has 0 amide bonds. The molecule has 2 N–H and O–H groups in total. The van der Waals surface area contributed by atoms with E-state index in [-0.39, 0.29) is 0 Å². The molecule has 0 saturated carbocycles. The molecule has 0 aromatic heterocycles. The minimum Gasteiger partial charge on any atom is -0.496 e. The molecule has 0 bridgehead atoms. The second kappa shape index (κ2) is 5.87. The number of hydrogen-bond donors (Lipinski definition) is 2. The summed E-state index contributed by atoms with van der Waals surface area (Å²) in [5.41, 5.74) is 2.06. The van der Waals surface area contributed by atoms with Crippen molar-refractivity contribution in [2.24, 2.45) is 0 Å². The van der Waals surface area contributed by atoms with Crippen LogP contribution in [0.25, 0.3) is 0 Å². The second-order valence-corrected chi connectivity index (χ2v) is 4.23. The van der Waals surface area contributed by atoms with Gasteiger partial charge in [-0.2, -0.15) is 0 Å². The number of aliphatic hydroxyl groups excluding tert-OH is 1. The zero-order valence-corrected chi connectivity index (χ0v) is 10.4. The highest BCUT2D eigenvalue weighted by Crippen LogP contribution is 2.28. The average molecular weight is 223 g/mol. The second-order valence-electron chi connectivity index (χ2n) is 4.23. The lowest BCUT2D eigenvalue weighted by Gasteiger charge is -2.17. The van der Waals surface area contributed by atoms with Gasteiger partial charge < -0.3 is 15.2 Å². The summed E-state index contributed by atoms with van der Waals surface area (Å²) in [5, 5.41) is 13.0. The predicted molar refractivity (Wildman–Crippen MR) is 66.0 cm³/mol. The molecule has 1 aromatic carbocycles. The van der Waals surface area contributed by atoms with E-state index in [0.29, 0.717) is 12.5 Å². The Kier molecular flexibility index (Phi) is 4.77. The highest BCUT2D eigenvalue weighted by atomic mass is 16.5. The SMILES string of the molecule is CNCC(O)c1cc(C(C)C)ccc1OC. The first-order valence-electron chi connectivity index (χ1n) is 5.60. The van der Waals surface area contributed by atoms with Gasteiger partial charge in [-0.3, -0.25) is 0 Å². The topological polar surface area (TPSA) is 41.5 Å². The van der Waals surface area contributed by atoms with Crippen LogP contribution in [0.4, 0.5) is 0 Å². The molecule has 0 fully saturated rings. The molecule has 0 saturated heterocycles. The fraction of sp³-hybridized carbons (Fsp3) is 0.538. The third-order valence-electron chi connectivity index (χ3n) is 2.68. The van der Waals surface area contributed by atoms with E-state index in [1.54, 1.807) is 7.11 Å². The fourth-order valence-corrected chi connectivity index (χ4v) is 1.68. The van der Waals surface area contributed by atoms with E-state index in [0.717, 1.165) is 11.3 Å². The lowest BCUT2D eigenvalue weighted by molar-refractivity contribution is 0.173. The van der Waals surface area contributed by atoms with Crippen LogP contribution in [0.2, 0.25) is 0 Å². The van der Waals surface area contributed by atoms with Crippen LogP contribution in [0.1, 0.15) is 37.0 Å². The highest BCUT2D eigenvalue weighted by molar-refractivity contribution is 5.40. The molecule has 0 radical (unpaired) electrons. The summed E-state index contributed by atoms with van der Waals surface area (Å²) in [5.74, 6) is 1.19. The Morgan fingerprint density at radius 2 is 2.06 bits per heavy atom. The first kappa shape index (κ1) is 13.0. The summed E-state index contributed by atoms with van der Waals surface area (Å²) in [6.45, 7) is 4.80. The minimum atomic E-state index is -0.529. The number of rotatable bonds is 5. The number of benzene rings is 1. The molecule has 3 heteroatoms. The first-order chi connectivity index (χ1) is 7.60. The summed E-state index contributed by atoms with van der Waals surface area (Å²) in [7, 11) is 3.45. The maximum atomic E-state index is 10.00. The van der Waals surface area contributed by atoms with Crippen molar-refractivity contribution >= 4 is 0 Å². The number of aliphatic hydroxyl groups is 1. The minimum absolute atomic E-state index is 0.450. The van der Waals surface area contributed by atoms with E-state index in [1.165, 1.54) is 5.56 Å². The van der Waals surface area contributed by atoms with Gasteiger partial charge in [0.2, 0.25) is 0 Å². The lowest BCUT2D eigenvalue weighted by Crippen LogP contribution is -2.17. The van der Waals surface area contributed by atoms with Crippen LogP contribution in [-0.4, -0.2) is 25.8 Å². The van der Waals surface area contributed by atoms with Crippen molar-refractivity contribution in [3.8, 4) is 5.75 Å². The molecule has 0 heterocycles. The number of ether oxygens (including phenoxy) is 1. The van der Waals surface area contributed by atoms with Gasteiger partial charge in [0.15, 0.2) is 0 Å². The van der Waals surface area contributed by atoms with Gasteiger partial charge in [0, 0.05) is 12.1 Å². The first-order valence-corrected chi connectivity index (χ1v) is 5.60. The smallest absolute Gasteiger partial charge is 0.124 e. The summed E-state index contributed by atoms with van der Waals surface area (Å²) >= 11 is 0. The van der Waals surface area contributed by atoms with Gasteiger partial charge in [0.1, 0.15) is 5.75 Å². The van der Waals surface area contributed by atoms with E-state index in [4.69, 9.17) is 4.74 Å². The zero-order chi connectivity index (χ0) is 12.1. The highest BCUT2D eigenvalue weighted by Gasteiger charge is 2.14. The van der Waals surface area contributed by atoms with Crippen LogP contribution >= 0.6 is 0 Å². The van der Waals surface area contributed by atoms with Crippen LogP contribution in [0, 0.1) is 0 Å². The molecular weight excluding hydrogens is 202 g/mol. The normalized spacial score (nSPS) is 12.9. The Bertz CT molecular complexity index is 337. The molecule has 3 nitrogen and oxygen atoms in total. The van der Waals surface area contributed by atoms with Crippen LogP contribution in [0.5, 0.6) is 5.75 Å². The molecule has 0 spiro atoms. The Morgan fingerprint density at radius 3 is 2.56 bits per heavy atom. The van der Waals surface area contributed by atoms with Gasteiger partial charge in [-0.25, -0.2) is 0 Å². The molecule has 0 aliphatic rings. The quantitative estimate of drug-likeness (QED) is 0.803. The van der Waals surface area contributed by atoms with Crippen LogP contribution in [-0.2, 0) is 0 Å². The maximum Gasteiger partial charge on any atom is 0.124 e. The zero-order valence-electron chi connectivity index (χ0n) is 10.4. The average Bonchev–Trinajstić information content (AvgIpc) is 2.28. The molecule has 16 heavy (non-hydrogen) atoms. The third-order valence-corrected chi connectivity index (χ3v) is 2.68. The van der Waals surface area contributed by atoms with Gasteiger partial charge in [0.05, 0.1) is 13.2 Å². The number of nitrogens with one attached hydrogen (secondary N) is 1. The van der Waals surface area contributed by atoms with Crippen molar-refractivity contribution in [3.63, 3.8) is 0 Å². The van der Waals surface area contributed by atoms with E-state index in [1.807, 2.05) is 25.2 Å². The van der Waals surface area contributed by atoms with E-state index < -0.39 is 6.10 Å². The summed E-state index contributed by atoms with van der Waals surface area (Å²) in [6.07, 6.45) is -0.529. The molecule has 1 aromatic rings. The van der Waals surface area contributed by atoms with E-state index in [2.05, 4.69) is 19.2 Å². The molecule has 0 aliphatic heterocycles. The number of hydrogen-bond acceptors (Lipinski definition) is 3. The number of methoxy groups -OCH3 is 1. The van der Waals surface area contributed by atoms with Gasteiger partial charge in [-0.15, -0.1) is 0 Å². The summed E-state index contributed by atoms with van der Waals surface area (Å²) in [6, 6.07) is 5.98. The Labute approximate surface area is 97.4 Å². The van der Waals surface area contributed by atoms with E-state index in [9.17, 15) is 5.11 Å². The third kappa shape index (κ3) is 2.97. The largest absolute Gasteiger partial charge is 0.496 e. The summed E-state index contributed by atoms with van der Waals surface area (Å²) in [4.78, 5) is 0. The molecule has 90 valence electrons. The Balaban J connectivity index is 3.06. The molecular formula is C13H21NO2. The summed E-state index contributed by atoms with van der Waals surface area (Å²) < 4.78 is 5.26. The van der Waals surface area contributed by atoms with Crippen molar-refractivity contribution in [2.45, 2.75) is 25.9 Å². The van der Waals surface area contributed by atoms with Gasteiger partial charge in [-0.1, -0.05) is 19.9 Å². The van der Waals surface area contributed by atoms with Gasteiger partial charge in [-0.05, 0) is 30.7 Å². The van der Waals surface area contributed by atoms with Crippen LogP contribution < -0.4 is 10.1 Å². The van der Waals surface area contributed by atoms with Gasteiger partial charge in [0.25, 0.3) is 0 Å². The van der Waals surface area contributed by atoms with Crippen LogP contribution in [0.3, 0.4) is 0 Å². The van der Waals surface area contributed by atoms with Crippen molar-refractivity contribution in [2.75, 3.05) is 20.7 Å². The Hall–Kier alpha value is -1.06. The van der Waals surface area contributed by atoms with E-state index >= 15 is 0 Å². The number of likely N-dealkylation sites (N-methyl/N-ethyl adjacent to an activating group) is 1. The van der Waals surface area contributed by atoms with Crippen molar-refractivity contribution < 1.29 is 9.84 Å². The van der Waals surface area contributed by atoms with Crippen molar-refractivity contribution in [1.29, 1.82) is 0 Å². The molecule has 1 unspecified atom stereocenters. The fourth-order valence-electron chi connectivity index (χ4n) is 1.68. The van der Waals surface area contributed by atoms with Crippen molar-refractivity contribution in [1.82, 2.24) is 5.32 Å². The lowest BCUT2D eigenvalue weighted by atomic mass is 9.98. The monoisotopic (exact) mass is 223 g/mol. The standard InChI is InChI=1S/C13H21NO2/c1-9(2)10-5-6-13(16-4)11(7-10)12(15)8-14-3/h5-7,9,12,14-15H,8H2,1-4H3. The maximum absolute atomic E-state index is 10.00. The molecule has 1 rings (SSSR count). The van der Waals surface area contributed by atoms with Crippen molar-refractivity contribution in [3.05, 3.63) is 29.3 Å². The predicted octanol–water partition coefficient (Wildman–Crippen LogP) is 2.07. The van der Waals surface area contributed by atoms with Gasteiger partial charge >= 0.3 is 0 Å². The Morgan fingerprint density at radius 1 is 1.38 bits per heavy atom. The molecule has 0 aliphatic carbocycles.